The van der Waals surface area contributed by atoms with Gasteiger partial charge >= 0.3 is 0 Å². The van der Waals surface area contributed by atoms with Crippen LogP contribution in [0.2, 0.25) is 0 Å². The Hall–Kier alpha value is -1.10. The second-order valence-electron chi connectivity index (χ2n) is 5.45. The predicted molar refractivity (Wildman–Crippen MR) is 66.8 cm³/mol. The number of aliphatic hydroxyl groups is 1. The van der Waals surface area contributed by atoms with Gasteiger partial charge in [-0.15, -0.1) is 0 Å². The van der Waals surface area contributed by atoms with Crippen LogP contribution < -0.4 is 5.32 Å². The summed E-state index contributed by atoms with van der Waals surface area (Å²) in [5.74, 6) is 0.0905. The van der Waals surface area contributed by atoms with Crippen molar-refractivity contribution in [1.82, 2.24) is 10.2 Å². The zero-order valence-electron chi connectivity index (χ0n) is 10.9. The molecule has 0 aromatic carbocycles. The topological polar surface area (TPSA) is 69.6 Å². The number of amides is 2. The average molecular weight is 254 g/mol. The first-order chi connectivity index (χ1) is 8.58. The Kier molecular flexibility index (Phi) is 4.22. The summed E-state index contributed by atoms with van der Waals surface area (Å²) in [7, 11) is 0. The summed E-state index contributed by atoms with van der Waals surface area (Å²) in [6, 6.07) is -0.393. The molecule has 0 radical (unpaired) electrons. The minimum atomic E-state index is -0.407. The number of carbonyl (C=O) groups is 2. The Morgan fingerprint density at radius 3 is 2.44 bits per heavy atom. The van der Waals surface area contributed by atoms with Gasteiger partial charge in [0.1, 0.15) is 6.04 Å². The largest absolute Gasteiger partial charge is 0.391 e. The van der Waals surface area contributed by atoms with Gasteiger partial charge in [0.05, 0.1) is 6.10 Å². The molecule has 5 nitrogen and oxygen atoms in total. The predicted octanol–water partition coefficient (Wildman–Crippen LogP) is 0.274. The number of nitrogens with one attached hydrogen (secondary N) is 1. The fraction of sp³-hybridized carbons (Fsp3) is 0.846. The fourth-order valence-corrected chi connectivity index (χ4v) is 3.03. The normalized spacial score (nSPS) is 26.3. The third-order valence-corrected chi connectivity index (χ3v) is 3.97. The molecule has 18 heavy (non-hydrogen) atoms. The maximum absolute atomic E-state index is 12.4. The summed E-state index contributed by atoms with van der Waals surface area (Å²) in [6.45, 7) is 2.46. The lowest BCUT2D eigenvalue weighted by molar-refractivity contribution is -0.137. The van der Waals surface area contributed by atoms with Crippen LogP contribution in [0, 0.1) is 5.92 Å². The molecule has 0 aromatic heterocycles. The third kappa shape index (κ3) is 3.02. The third-order valence-electron chi connectivity index (χ3n) is 3.97. The van der Waals surface area contributed by atoms with E-state index >= 15 is 0 Å². The van der Waals surface area contributed by atoms with E-state index in [9.17, 15) is 14.7 Å². The summed E-state index contributed by atoms with van der Waals surface area (Å²) < 4.78 is 0. The van der Waals surface area contributed by atoms with Crippen molar-refractivity contribution >= 4 is 11.8 Å². The molecule has 2 N–H and O–H groups in total. The van der Waals surface area contributed by atoms with Gasteiger partial charge in [-0.05, 0) is 25.2 Å². The number of likely N-dealkylation sites (tertiary alicyclic amines) is 1. The molecule has 1 saturated carbocycles. The van der Waals surface area contributed by atoms with Crippen molar-refractivity contribution in [1.29, 1.82) is 0 Å². The van der Waals surface area contributed by atoms with Crippen molar-refractivity contribution in [2.24, 2.45) is 5.92 Å². The Morgan fingerprint density at radius 1 is 1.28 bits per heavy atom. The Bertz CT molecular complexity index is 326. The molecule has 2 rings (SSSR count). The lowest BCUT2D eigenvalue weighted by atomic mass is 9.96. The van der Waals surface area contributed by atoms with Gasteiger partial charge in [0, 0.05) is 20.0 Å². The number of carbonyl (C=O) groups excluding carboxylic acids is 2. The average Bonchev–Trinajstić information content (AvgIpc) is 2.95. The molecule has 1 saturated heterocycles. The van der Waals surface area contributed by atoms with Crippen molar-refractivity contribution < 1.29 is 14.7 Å². The van der Waals surface area contributed by atoms with Crippen LogP contribution in [0.5, 0.6) is 0 Å². The number of hydrogen-bond donors (Lipinski definition) is 2. The van der Waals surface area contributed by atoms with E-state index in [1.165, 1.54) is 6.92 Å². The molecule has 2 atom stereocenters. The summed E-state index contributed by atoms with van der Waals surface area (Å²) in [5.41, 5.74) is 0. The highest BCUT2D eigenvalue weighted by atomic mass is 16.3. The van der Waals surface area contributed by atoms with Gasteiger partial charge in [0.15, 0.2) is 0 Å². The summed E-state index contributed by atoms with van der Waals surface area (Å²) in [4.78, 5) is 25.4. The van der Waals surface area contributed by atoms with Crippen LogP contribution >= 0.6 is 0 Å². The smallest absolute Gasteiger partial charge is 0.245 e. The van der Waals surface area contributed by atoms with Crippen LogP contribution in [0.4, 0.5) is 0 Å². The first-order valence-corrected chi connectivity index (χ1v) is 6.82. The van der Waals surface area contributed by atoms with Gasteiger partial charge in [-0.3, -0.25) is 9.59 Å². The standard InChI is InChI=1S/C13H22N2O3/c1-9(16)14-12(10-4-2-3-5-10)13(18)15-7-6-11(17)8-15/h10-12,17H,2-8H2,1H3,(H,14,16)/t11-,12?/m1/s1. The lowest BCUT2D eigenvalue weighted by Crippen LogP contribution is -2.51. The summed E-state index contributed by atoms with van der Waals surface area (Å²) >= 11 is 0. The zero-order valence-corrected chi connectivity index (χ0v) is 10.9. The molecule has 5 heteroatoms. The second-order valence-corrected chi connectivity index (χ2v) is 5.45. The van der Waals surface area contributed by atoms with Crippen molar-refractivity contribution in [3.63, 3.8) is 0 Å². The van der Waals surface area contributed by atoms with Gasteiger partial charge in [-0.25, -0.2) is 0 Å². The van der Waals surface area contributed by atoms with E-state index in [0.717, 1.165) is 25.7 Å². The van der Waals surface area contributed by atoms with E-state index in [2.05, 4.69) is 5.32 Å². The molecule has 0 aromatic rings. The molecule has 2 fully saturated rings. The van der Waals surface area contributed by atoms with Crippen molar-refractivity contribution in [3.05, 3.63) is 0 Å². The molecule has 1 aliphatic heterocycles. The molecule has 2 aliphatic rings. The Balaban J connectivity index is 2.02. The number of nitrogens with zero attached hydrogens (tertiary/aromatic N) is 1. The first kappa shape index (κ1) is 13.3. The minimum Gasteiger partial charge on any atom is -0.391 e. The minimum absolute atomic E-state index is 0.0198. The molecular formula is C13H22N2O3. The van der Waals surface area contributed by atoms with Crippen molar-refractivity contribution in [2.75, 3.05) is 13.1 Å². The monoisotopic (exact) mass is 254 g/mol. The van der Waals surface area contributed by atoms with E-state index < -0.39 is 12.1 Å². The Morgan fingerprint density at radius 2 is 1.94 bits per heavy atom. The summed E-state index contributed by atoms with van der Waals surface area (Å²) in [5, 5.41) is 12.3. The van der Waals surface area contributed by atoms with E-state index in [1.807, 2.05) is 0 Å². The van der Waals surface area contributed by atoms with Crippen LogP contribution in [-0.4, -0.2) is 47.1 Å². The van der Waals surface area contributed by atoms with Crippen LogP contribution in [0.3, 0.4) is 0 Å². The molecule has 0 bridgehead atoms. The van der Waals surface area contributed by atoms with Gasteiger partial charge in [-0.2, -0.15) is 0 Å². The zero-order chi connectivity index (χ0) is 13.1. The Labute approximate surface area is 108 Å². The van der Waals surface area contributed by atoms with Gasteiger partial charge in [0.2, 0.25) is 11.8 Å². The second kappa shape index (κ2) is 5.69. The molecule has 0 spiro atoms. The van der Waals surface area contributed by atoms with Crippen LogP contribution in [0.25, 0.3) is 0 Å². The molecule has 1 unspecified atom stereocenters. The number of β-amino-alcohol motifs (C(OH)–C–C–N with tert-alkyl or cyclic N) is 1. The van der Waals surface area contributed by atoms with Crippen LogP contribution in [0.15, 0.2) is 0 Å². The van der Waals surface area contributed by atoms with Gasteiger partial charge in [0.25, 0.3) is 0 Å². The van der Waals surface area contributed by atoms with Crippen molar-refractivity contribution in [3.8, 4) is 0 Å². The highest BCUT2D eigenvalue weighted by Gasteiger charge is 2.36. The highest BCUT2D eigenvalue weighted by Crippen LogP contribution is 2.29. The van der Waals surface area contributed by atoms with E-state index in [1.54, 1.807) is 4.90 Å². The quantitative estimate of drug-likeness (QED) is 0.760. The van der Waals surface area contributed by atoms with Crippen LogP contribution in [-0.2, 0) is 9.59 Å². The highest BCUT2D eigenvalue weighted by molar-refractivity contribution is 5.87. The number of aliphatic hydroxyl groups excluding tert-OH is 1. The molecule has 102 valence electrons. The van der Waals surface area contributed by atoms with Crippen molar-refractivity contribution in [2.45, 2.75) is 51.2 Å². The van der Waals surface area contributed by atoms with Gasteiger partial charge in [-0.1, -0.05) is 12.8 Å². The fourth-order valence-electron chi connectivity index (χ4n) is 3.03. The maximum atomic E-state index is 12.4. The SMILES string of the molecule is CC(=O)NC(C(=O)N1CC[C@@H](O)C1)C1CCCC1. The summed E-state index contributed by atoms with van der Waals surface area (Å²) in [6.07, 6.45) is 4.52. The number of hydrogen-bond acceptors (Lipinski definition) is 3. The maximum Gasteiger partial charge on any atom is 0.245 e. The first-order valence-electron chi connectivity index (χ1n) is 6.82. The molecular weight excluding hydrogens is 232 g/mol. The van der Waals surface area contributed by atoms with E-state index in [4.69, 9.17) is 0 Å². The lowest BCUT2D eigenvalue weighted by Gasteiger charge is -2.27. The van der Waals surface area contributed by atoms with Crippen LogP contribution in [0.1, 0.15) is 39.0 Å². The van der Waals surface area contributed by atoms with E-state index in [0.29, 0.717) is 19.5 Å². The van der Waals surface area contributed by atoms with Gasteiger partial charge < -0.3 is 15.3 Å². The molecule has 1 heterocycles. The molecule has 2 amide bonds. The molecule has 1 aliphatic carbocycles. The number of rotatable bonds is 3. The van der Waals surface area contributed by atoms with E-state index in [-0.39, 0.29) is 17.7 Å².